The minimum absolute atomic E-state index is 0.0332. The largest absolute Gasteiger partial charge is 0.393 e. The Morgan fingerprint density at radius 3 is 2.58 bits per heavy atom. The van der Waals surface area contributed by atoms with Gasteiger partial charge in [0.25, 0.3) is 0 Å². The molecule has 0 saturated carbocycles. The van der Waals surface area contributed by atoms with Crippen molar-refractivity contribution in [3.8, 4) is 11.8 Å². The molecular weight excluding hydrogens is 516 g/mol. The van der Waals surface area contributed by atoms with Crippen molar-refractivity contribution < 1.29 is 26.0 Å². The average Bonchev–Trinajstić information content (AvgIpc) is 3.15. The Bertz CT molecular complexity index is 1390. The van der Waals surface area contributed by atoms with Crippen LogP contribution in [-0.4, -0.2) is 46.4 Å². The number of nitrogens with one attached hydrogen (secondary N) is 3. The number of hydrogen-bond acceptors (Lipinski definition) is 6. The molecule has 0 radical (unpaired) electrons. The standard InChI is InChI=1S/C24H24F4N4O2S2/c25-19-14-30-12-10-20(19)32-21-4-1-3-17-18(13-24(26,27)28)22(35-23(17)21)5-2-11-31-15-6-8-16(9-7-15)36(29,33)34/h1,3-4,6-9,19-20,30-32H,10-14H2,(H2,29,33,34). The fourth-order valence-electron chi connectivity index (χ4n) is 3.98. The summed E-state index contributed by atoms with van der Waals surface area (Å²) >= 11 is 1.15. The second kappa shape index (κ2) is 10.6. The molecule has 36 heavy (non-hydrogen) atoms. The number of alkyl halides is 4. The Morgan fingerprint density at radius 2 is 1.92 bits per heavy atom. The second-order valence-electron chi connectivity index (χ2n) is 8.37. The maximum absolute atomic E-state index is 14.3. The Hall–Kier alpha value is -2.85. The zero-order valence-electron chi connectivity index (χ0n) is 19.0. The minimum Gasteiger partial charge on any atom is -0.378 e. The number of fused-ring (bicyclic) bond motifs is 1. The third kappa shape index (κ3) is 6.47. The van der Waals surface area contributed by atoms with Gasteiger partial charge in [-0.2, -0.15) is 13.2 Å². The highest BCUT2D eigenvalue weighted by Gasteiger charge is 2.31. The highest BCUT2D eigenvalue weighted by molar-refractivity contribution is 7.89. The van der Waals surface area contributed by atoms with Crippen LogP contribution in [0.15, 0.2) is 47.4 Å². The van der Waals surface area contributed by atoms with Gasteiger partial charge < -0.3 is 16.0 Å². The number of benzene rings is 2. The van der Waals surface area contributed by atoms with Crippen molar-refractivity contribution in [2.24, 2.45) is 5.14 Å². The van der Waals surface area contributed by atoms with Crippen molar-refractivity contribution in [1.82, 2.24) is 5.32 Å². The van der Waals surface area contributed by atoms with Crippen molar-refractivity contribution in [2.45, 2.75) is 36.1 Å². The molecular formula is C24H24F4N4O2S2. The van der Waals surface area contributed by atoms with E-state index >= 15 is 0 Å². The van der Waals surface area contributed by atoms with Crippen molar-refractivity contribution in [2.75, 3.05) is 30.3 Å². The van der Waals surface area contributed by atoms with Crippen molar-refractivity contribution >= 4 is 42.8 Å². The Labute approximate surface area is 210 Å². The lowest BCUT2D eigenvalue weighted by atomic mass is 10.0. The van der Waals surface area contributed by atoms with Gasteiger partial charge in [0.2, 0.25) is 10.0 Å². The molecule has 192 valence electrons. The number of halogens is 4. The number of rotatable bonds is 6. The van der Waals surface area contributed by atoms with Gasteiger partial charge in [0.05, 0.1) is 39.2 Å². The van der Waals surface area contributed by atoms with E-state index in [-0.39, 0.29) is 23.5 Å². The van der Waals surface area contributed by atoms with E-state index in [1.165, 1.54) is 24.3 Å². The smallest absolute Gasteiger partial charge is 0.378 e. The molecule has 1 saturated heterocycles. The summed E-state index contributed by atoms with van der Waals surface area (Å²) in [7, 11) is -3.80. The normalized spacial score (nSPS) is 18.5. The molecule has 2 aromatic carbocycles. The number of piperidine rings is 1. The third-order valence-electron chi connectivity index (χ3n) is 5.71. The number of sulfonamides is 1. The lowest BCUT2D eigenvalue weighted by Gasteiger charge is -2.28. The molecule has 1 aliphatic rings. The van der Waals surface area contributed by atoms with Gasteiger partial charge in [0.1, 0.15) is 6.17 Å². The van der Waals surface area contributed by atoms with Gasteiger partial charge in [-0.05, 0) is 54.2 Å². The number of nitrogens with two attached hydrogens (primary N) is 1. The van der Waals surface area contributed by atoms with Crippen LogP contribution < -0.4 is 21.1 Å². The molecule has 0 aliphatic carbocycles. The summed E-state index contributed by atoms with van der Waals surface area (Å²) in [6.07, 6.45) is -6.08. The van der Waals surface area contributed by atoms with Crippen LogP contribution in [0.3, 0.4) is 0 Å². The predicted molar refractivity (Wildman–Crippen MR) is 135 cm³/mol. The molecule has 4 rings (SSSR count). The van der Waals surface area contributed by atoms with E-state index in [4.69, 9.17) is 5.14 Å². The zero-order chi connectivity index (χ0) is 25.9. The maximum Gasteiger partial charge on any atom is 0.393 e. The summed E-state index contributed by atoms with van der Waals surface area (Å²) in [4.78, 5) is 0.263. The molecule has 1 aliphatic heterocycles. The van der Waals surface area contributed by atoms with Crippen molar-refractivity contribution in [3.63, 3.8) is 0 Å². The van der Waals surface area contributed by atoms with Gasteiger partial charge in [0.15, 0.2) is 0 Å². The molecule has 5 N–H and O–H groups in total. The van der Waals surface area contributed by atoms with Gasteiger partial charge in [-0.25, -0.2) is 17.9 Å². The molecule has 1 aromatic heterocycles. The van der Waals surface area contributed by atoms with Gasteiger partial charge in [-0.3, -0.25) is 0 Å². The second-order valence-corrected chi connectivity index (χ2v) is 11.0. The number of thiophene rings is 1. The van der Waals surface area contributed by atoms with Crippen LogP contribution in [0.1, 0.15) is 16.9 Å². The average molecular weight is 541 g/mol. The first-order valence-electron chi connectivity index (χ1n) is 11.1. The molecule has 0 bridgehead atoms. The molecule has 6 nitrogen and oxygen atoms in total. The minimum atomic E-state index is -4.42. The summed E-state index contributed by atoms with van der Waals surface area (Å²) in [6.45, 7) is 1.01. The first kappa shape index (κ1) is 26.2. The van der Waals surface area contributed by atoms with E-state index in [9.17, 15) is 26.0 Å². The summed E-state index contributed by atoms with van der Waals surface area (Å²) in [5, 5.41) is 14.7. The van der Waals surface area contributed by atoms with Crippen LogP contribution in [0.2, 0.25) is 0 Å². The van der Waals surface area contributed by atoms with Gasteiger partial charge in [0, 0.05) is 12.2 Å². The van der Waals surface area contributed by atoms with E-state index in [1.54, 1.807) is 18.2 Å². The van der Waals surface area contributed by atoms with Crippen LogP contribution in [-0.2, 0) is 16.4 Å². The van der Waals surface area contributed by atoms with E-state index < -0.39 is 34.8 Å². The van der Waals surface area contributed by atoms with Crippen LogP contribution >= 0.6 is 11.3 Å². The van der Waals surface area contributed by atoms with E-state index in [2.05, 4.69) is 27.8 Å². The molecule has 2 heterocycles. The number of primary sulfonamides is 1. The topological polar surface area (TPSA) is 96.2 Å². The Balaban J connectivity index is 1.58. The quantitative estimate of drug-likeness (QED) is 0.277. The predicted octanol–water partition coefficient (Wildman–Crippen LogP) is 4.23. The summed E-state index contributed by atoms with van der Waals surface area (Å²) < 4.78 is 77.8. The maximum atomic E-state index is 14.3. The van der Waals surface area contributed by atoms with Crippen LogP contribution in [0.25, 0.3) is 10.1 Å². The van der Waals surface area contributed by atoms with Crippen molar-refractivity contribution in [1.29, 1.82) is 0 Å². The summed E-state index contributed by atoms with van der Waals surface area (Å²) in [5.74, 6) is 5.69. The van der Waals surface area contributed by atoms with Gasteiger partial charge in [-0.15, -0.1) is 11.3 Å². The molecule has 3 aromatic rings. The first-order chi connectivity index (χ1) is 17.0. The highest BCUT2D eigenvalue weighted by Crippen LogP contribution is 2.39. The van der Waals surface area contributed by atoms with E-state index in [0.717, 1.165) is 11.3 Å². The SMILES string of the molecule is NS(=O)(=O)c1ccc(NCC#Cc2sc3c(NC4CCNCC4F)cccc3c2CC(F)(F)F)cc1. The molecule has 2 unspecified atom stereocenters. The molecule has 0 spiro atoms. The van der Waals surface area contributed by atoms with Crippen molar-refractivity contribution in [3.05, 3.63) is 52.9 Å². The third-order valence-corrected chi connectivity index (χ3v) is 7.84. The first-order valence-corrected chi connectivity index (χ1v) is 13.5. The van der Waals surface area contributed by atoms with E-state index in [1.807, 2.05) is 0 Å². The highest BCUT2D eigenvalue weighted by atomic mass is 32.2. The van der Waals surface area contributed by atoms with E-state index in [0.29, 0.717) is 39.3 Å². The Kier molecular flexibility index (Phi) is 7.75. The van der Waals surface area contributed by atoms with Gasteiger partial charge >= 0.3 is 6.18 Å². The molecule has 12 heteroatoms. The fraction of sp³-hybridized carbons (Fsp3) is 0.333. The van der Waals surface area contributed by atoms with Crippen LogP contribution in [0, 0.1) is 11.8 Å². The van der Waals surface area contributed by atoms with Gasteiger partial charge in [-0.1, -0.05) is 24.0 Å². The number of hydrogen-bond donors (Lipinski definition) is 4. The monoisotopic (exact) mass is 540 g/mol. The molecule has 0 amide bonds. The fourth-order valence-corrected chi connectivity index (χ4v) is 5.66. The number of anilines is 2. The van der Waals surface area contributed by atoms with Crippen LogP contribution in [0.4, 0.5) is 28.9 Å². The molecule has 2 atom stereocenters. The lowest BCUT2D eigenvalue weighted by Crippen LogP contribution is -2.45. The summed E-state index contributed by atoms with van der Waals surface area (Å²) in [5.41, 5.74) is 1.27. The lowest BCUT2D eigenvalue weighted by molar-refractivity contribution is -0.126. The zero-order valence-corrected chi connectivity index (χ0v) is 20.6. The summed E-state index contributed by atoms with van der Waals surface area (Å²) in [6, 6.07) is 10.3. The van der Waals surface area contributed by atoms with Crippen LogP contribution in [0.5, 0.6) is 0 Å². The molecule has 1 fully saturated rings. The Morgan fingerprint density at radius 1 is 1.17 bits per heavy atom.